The molecule has 1 aromatic carbocycles. The van der Waals surface area contributed by atoms with Crippen molar-refractivity contribution in [3.8, 4) is 5.75 Å². The van der Waals surface area contributed by atoms with Gasteiger partial charge in [-0.15, -0.1) is 0 Å². The molecule has 1 fully saturated rings. The predicted molar refractivity (Wildman–Crippen MR) is 83.1 cm³/mol. The first-order valence-electron chi connectivity index (χ1n) is 7.91. The van der Waals surface area contributed by atoms with Crippen molar-refractivity contribution in [2.24, 2.45) is 10.8 Å². The van der Waals surface area contributed by atoms with E-state index < -0.39 is 0 Å². The summed E-state index contributed by atoms with van der Waals surface area (Å²) in [7, 11) is 0. The Morgan fingerprint density at radius 2 is 2.00 bits per heavy atom. The molecular formula is C18H27NO. The molecule has 1 unspecified atom stereocenters. The lowest BCUT2D eigenvalue weighted by Crippen LogP contribution is -2.25. The summed E-state index contributed by atoms with van der Waals surface area (Å²) in [6, 6.07) is 6.62. The monoisotopic (exact) mass is 273 g/mol. The Morgan fingerprint density at radius 3 is 2.75 bits per heavy atom. The van der Waals surface area contributed by atoms with Gasteiger partial charge in [-0.25, -0.2) is 0 Å². The van der Waals surface area contributed by atoms with Gasteiger partial charge in [-0.05, 0) is 60.9 Å². The van der Waals surface area contributed by atoms with Crippen molar-refractivity contribution in [3.63, 3.8) is 0 Å². The normalized spacial score (nSPS) is 28.1. The molecule has 2 aliphatic rings. The van der Waals surface area contributed by atoms with Crippen LogP contribution in [0, 0.1) is 10.8 Å². The molecule has 20 heavy (non-hydrogen) atoms. The van der Waals surface area contributed by atoms with Crippen LogP contribution in [0.4, 0.5) is 0 Å². The Labute approximate surface area is 122 Å². The van der Waals surface area contributed by atoms with E-state index in [0.29, 0.717) is 10.8 Å². The lowest BCUT2D eigenvalue weighted by atomic mass is 9.84. The van der Waals surface area contributed by atoms with Gasteiger partial charge in [0, 0.05) is 12.0 Å². The quantitative estimate of drug-likeness (QED) is 0.901. The first-order valence-corrected chi connectivity index (χ1v) is 7.91. The van der Waals surface area contributed by atoms with E-state index in [0.717, 1.165) is 31.9 Å². The average Bonchev–Trinajstić information content (AvgIpc) is 2.71. The second kappa shape index (κ2) is 5.07. The molecule has 1 N–H and O–H groups in total. The van der Waals surface area contributed by atoms with Crippen molar-refractivity contribution in [1.82, 2.24) is 5.32 Å². The van der Waals surface area contributed by atoms with E-state index in [-0.39, 0.29) is 0 Å². The highest BCUT2D eigenvalue weighted by atomic mass is 16.5. The van der Waals surface area contributed by atoms with Crippen LogP contribution in [0.25, 0.3) is 0 Å². The van der Waals surface area contributed by atoms with Gasteiger partial charge in [0.25, 0.3) is 0 Å². The summed E-state index contributed by atoms with van der Waals surface area (Å²) in [6.07, 6.45) is 5.02. The standard InChI is InChI=1S/C18H27NO/c1-17(2)7-8-18(3,12-17)13-20-16-5-4-14-6-9-19-11-15(14)10-16/h4-5,10,19H,6-9,11-13H2,1-3H3. The highest BCUT2D eigenvalue weighted by molar-refractivity contribution is 5.37. The van der Waals surface area contributed by atoms with Gasteiger partial charge in [0.15, 0.2) is 0 Å². The van der Waals surface area contributed by atoms with E-state index in [9.17, 15) is 0 Å². The lowest BCUT2D eigenvalue weighted by molar-refractivity contribution is 0.154. The van der Waals surface area contributed by atoms with E-state index >= 15 is 0 Å². The zero-order valence-corrected chi connectivity index (χ0v) is 13.1. The number of ether oxygens (including phenoxy) is 1. The average molecular weight is 273 g/mol. The second-order valence-electron chi connectivity index (χ2n) is 7.80. The molecule has 3 rings (SSSR count). The van der Waals surface area contributed by atoms with Crippen molar-refractivity contribution in [3.05, 3.63) is 29.3 Å². The maximum Gasteiger partial charge on any atom is 0.119 e. The molecule has 0 bridgehead atoms. The summed E-state index contributed by atoms with van der Waals surface area (Å²) in [5.41, 5.74) is 3.71. The van der Waals surface area contributed by atoms with E-state index in [1.807, 2.05) is 0 Å². The van der Waals surface area contributed by atoms with Gasteiger partial charge in [-0.1, -0.05) is 26.8 Å². The second-order valence-corrected chi connectivity index (χ2v) is 7.80. The highest BCUT2D eigenvalue weighted by Gasteiger charge is 2.40. The van der Waals surface area contributed by atoms with Crippen LogP contribution in [0.15, 0.2) is 18.2 Å². The molecule has 1 aliphatic carbocycles. The summed E-state index contributed by atoms with van der Waals surface area (Å²) in [4.78, 5) is 0. The molecule has 1 aliphatic heterocycles. The maximum absolute atomic E-state index is 6.12. The van der Waals surface area contributed by atoms with Crippen molar-refractivity contribution in [1.29, 1.82) is 0 Å². The topological polar surface area (TPSA) is 21.3 Å². The Hall–Kier alpha value is -1.02. The van der Waals surface area contributed by atoms with Gasteiger partial charge in [-0.2, -0.15) is 0 Å². The van der Waals surface area contributed by atoms with Crippen LogP contribution in [-0.2, 0) is 13.0 Å². The van der Waals surface area contributed by atoms with Crippen LogP contribution >= 0.6 is 0 Å². The molecule has 1 aromatic rings. The fourth-order valence-electron chi connectivity index (χ4n) is 3.90. The first-order chi connectivity index (χ1) is 9.46. The van der Waals surface area contributed by atoms with Gasteiger partial charge in [-0.3, -0.25) is 0 Å². The lowest BCUT2D eigenvalue weighted by Gasteiger charge is -2.27. The first kappa shape index (κ1) is 13.9. The van der Waals surface area contributed by atoms with Gasteiger partial charge in [0.2, 0.25) is 0 Å². The Kier molecular flexibility index (Phi) is 3.53. The van der Waals surface area contributed by atoms with E-state index in [1.165, 1.54) is 30.4 Å². The van der Waals surface area contributed by atoms with Gasteiger partial charge in [0.1, 0.15) is 5.75 Å². The van der Waals surface area contributed by atoms with Crippen molar-refractivity contribution in [2.45, 2.75) is 53.0 Å². The molecule has 2 nitrogen and oxygen atoms in total. The molecular weight excluding hydrogens is 246 g/mol. The molecule has 0 radical (unpaired) electrons. The number of benzene rings is 1. The molecule has 0 saturated heterocycles. The van der Waals surface area contributed by atoms with E-state index in [2.05, 4.69) is 44.3 Å². The SMILES string of the molecule is CC1(C)CCC(C)(COc2ccc3c(c2)CNCC3)C1. The Balaban J connectivity index is 1.64. The highest BCUT2D eigenvalue weighted by Crippen LogP contribution is 2.48. The zero-order valence-electron chi connectivity index (χ0n) is 13.1. The van der Waals surface area contributed by atoms with E-state index in [4.69, 9.17) is 4.74 Å². The minimum Gasteiger partial charge on any atom is -0.493 e. The summed E-state index contributed by atoms with van der Waals surface area (Å²) in [5, 5.41) is 3.43. The fourth-order valence-corrected chi connectivity index (χ4v) is 3.90. The Bertz CT molecular complexity index is 494. The van der Waals surface area contributed by atoms with Crippen LogP contribution in [0.5, 0.6) is 5.75 Å². The molecule has 0 amide bonds. The molecule has 1 saturated carbocycles. The summed E-state index contributed by atoms with van der Waals surface area (Å²) >= 11 is 0. The fraction of sp³-hybridized carbons (Fsp3) is 0.667. The third-order valence-corrected chi connectivity index (χ3v) is 4.96. The smallest absolute Gasteiger partial charge is 0.119 e. The molecule has 110 valence electrons. The summed E-state index contributed by atoms with van der Waals surface area (Å²) in [6.45, 7) is 10.1. The van der Waals surface area contributed by atoms with Crippen LogP contribution in [-0.4, -0.2) is 13.2 Å². The van der Waals surface area contributed by atoms with Crippen molar-refractivity contribution < 1.29 is 4.74 Å². The van der Waals surface area contributed by atoms with Gasteiger partial charge < -0.3 is 10.1 Å². The molecule has 1 heterocycles. The van der Waals surface area contributed by atoms with Crippen LogP contribution < -0.4 is 10.1 Å². The van der Waals surface area contributed by atoms with Gasteiger partial charge in [0.05, 0.1) is 6.61 Å². The predicted octanol–water partition coefficient (Wildman–Crippen LogP) is 3.93. The minimum atomic E-state index is 0.345. The third-order valence-electron chi connectivity index (χ3n) is 4.96. The molecule has 0 spiro atoms. The number of nitrogens with one attached hydrogen (secondary N) is 1. The van der Waals surface area contributed by atoms with Crippen LogP contribution in [0.1, 0.15) is 51.2 Å². The number of hydrogen-bond donors (Lipinski definition) is 1. The molecule has 0 aromatic heterocycles. The van der Waals surface area contributed by atoms with Crippen LogP contribution in [0.3, 0.4) is 0 Å². The minimum absolute atomic E-state index is 0.345. The summed E-state index contributed by atoms with van der Waals surface area (Å²) < 4.78 is 6.12. The largest absolute Gasteiger partial charge is 0.493 e. The van der Waals surface area contributed by atoms with Gasteiger partial charge >= 0.3 is 0 Å². The zero-order chi connectivity index (χ0) is 14.2. The number of rotatable bonds is 3. The van der Waals surface area contributed by atoms with Crippen molar-refractivity contribution in [2.75, 3.05) is 13.2 Å². The third kappa shape index (κ3) is 3.01. The molecule has 2 heteroatoms. The Morgan fingerprint density at radius 1 is 1.15 bits per heavy atom. The number of hydrogen-bond acceptors (Lipinski definition) is 2. The number of fused-ring (bicyclic) bond motifs is 1. The molecule has 1 atom stereocenters. The van der Waals surface area contributed by atoms with E-state index in [1.54, 1.807) is 0 Å². The van der Waals surface area contributed by atoms with Crippen LogP contribution in [0.2, 0.25) is 0 Å². The summed E-state index contributed by atoms with van der Waals surface area (Å²) in [5.74, 6) is 1.04. The maximum atomic E-state index is 6.12. The van der Waals surface area contributed by atoms with Crippen molar-refractivity contribution >= 4 is 0 Å².